The number of fused-ring (bicyclic) bond motifs is 1. The van der Waals surface area contributed by atoms with Gasteiger partial charge in [-0.2, -0.15) is 4.98 Å². The minimum atomic E-state index is 0.493. The largest absolute Gasteiger partial charge is 0.352 e. The van der Waals surface area contributed by atoms with Gasteiger partial charge in [-0.3, -0.25) is 0 Å². The van der Waals surface area contributed by atoms with E-state index in [1.54, 1.807) is 0 Å². The predicted molar refractivity (Wildman–Crippen MR) is 72.8 cm³/mol. The van der Waals surface area contributed by atoms with Crippen LogP contribution in [0.5, 0.6) is 0 Å². The zero-order valence-electron chi connectivity index (χ0n) is 11.1. The first-order valence-corrected chi connectivity index (χ1v) is 6.78. The summed E-state index contributed by atoms with van der Waals surface area (Å²) in [7, 11) is 0. The van der Waals surface area contributed by atoms with E-state index in [9.17, 15) is 0 Å². The number of hydrogen-bond acceptors (Lipinski definition) is 3. The van der Waals surface area contributed by atoms with Gasteiger partial charge in [-0.15, -0.1) is 5.10 Å². The summed E-state index contributed by atoms with van der Waals surface area (Å²) in [5, 5.41) is 7.88. The van der Waals surface area contributed by atoms with Crippen molar-refractivity contribution >= 4 is 11.6 Å². The van der Waals surface area contributed by atoms with Crippen LogP contribution in [0, 0.1) is 12.3 Å². The second-order valence-corrected chi connectivity index (χ2v) is 5.46. The van der Waals surface area contributed by atoms with Crippen molar-refractivity contribution in [3.63, 3.8) is 0 Å². The number of aromatic nitrogens is 3. The Hall–Kier alpha value is -1.58. The summed E-state index contributed by atoms with van der Waals surface area (Å²) >= 11 is 0. The van der Waals surface area contributed by atoms with Gasteiger partial charge in [0.25, 0.3) is 0 Å². The van der Waals surface area contributed by atoms with Gasteiger partial charge < -0.3 is 5.32 Å². The van der Waals surface area contributed by atoms with E-state index in [4.69, 9.17) is 0 Å². The third kappa shape index (κ3) is 1.85. The molecule has 1 fully saturated rings. The Morgan fingerprint density at radius 2 is 2.28 bits per heavy atom. The summed E-state index contributed by atoms with van der Waals surface area (Å²) in [6.45, 7) is 5.34. The summed E-state index contributed by atoms with van der Waals surface area (Å²) in [4.78, 5) is 4.55. The number of rotatable bonds is 4. The normalized spacial score (nSPS) is 17.7. The summed E-state index contributed by atoms with van der Waals surface area (Å²) in [5.41, 5.74) is 2.60. The molecule has 0 atom stereocenters. The number of anilines is 1. The van der Waals surface area contributed by atoms with E-state index in [0.29, 0.717) is 5.41 Å². The van der Waals surface area contributed by atoms with E-state index in [2.05, 4.69) is 35.3 Å². The first-order valence-electron chi connectivity index (χ1n) is 6.78. The Labute approximate surface area is 107 Å². The van der Waals surface area contributed by atoms with Crippen LogP contribution in [-0.2, 0) is 0 Å². The molecule has 2 heterocycles. The maximum absolute atomic E-state index is 4.55. The van der Waals surface area contributed by atoms with Crippen molar-refractivity contribution < 1.29 is 0 Å². The fourth-order valence-corrected chi connectivity index (χ4v) is 2.71. The van der Waals surface area contributed by atoms with Gasteiger partial charge >= 0.3 is 0 Å². The molecule has 0 amide bonds. The van der Waals surface area contributed by atoms with Crippen LogP contribution in [0.25, 0.3) is 5.65 Å². The number of nitrogens with one attached hydrogen (secondary N) is 1. The first-order chi connectivity index (χ1) is 8.72. The average Bonchev–Trinajstić information content (AvgIpc) is 2.73. The predicted octanol–water partition coefficient (Wildman–Crippen LogP) is 3.03. The molecule has 1 N–H and O–H groups in total. The van der Waals surface area contributed by atoms with Crippen LogP contribution in [0.4, 0.5) is 5.95 Å². The van der Waals surface area contributed by atoms with Crippen molar-refractivity contribution in [3.05, 3.63) is 23.9 Å². The van der Waals surface area contributed by atoms with Crippen LogP contribution in [0.15, 0.2) is 18.3 Å². The van der Waals surface area contributed by atoms with Crippen LogP contribution in [0.3, 0.4) is 0 Å². The maximum atomic E-state index is 4.55. The molecule has 1 aliphatic carbocycles. The zero-order chi connectivity index (χ0) is 12.6. The highest BCUT2D eigenvalue weighted by Gasteiger charge is 2.34. The molecule has 4 nitrogen and oxygen atoms in total. The van der Waals surface area contributed by atoms with Crippen molar-refractivity contribution in [2.75, 3.05) is 11.9 Å². The van der Waals surface area contributed by atoms with Crippen molar-refractivity contribution in [3.8, 4) is 0 Å². The van der Waals surface area contributed by atoms with E-state index in [1.165, 1.54) is 25.7 Å². The molecule has 96 valence electrons. The molecule has 0 aromatic carbocycles. The van der Waals surface area contributed by atoms with E-state index < -0.39 is 0 Å². The molecule has 1 saturated carbocycles. The molecule has 0 saturated heterocycles. The molecule has 0 bridgehead atoms. The quantitative estimate of drug-likeness (QED) is 0.899. The summed E-state index contributed by atoms with van der Waals surface area (Å²) < 4.78 is 1.84. The number of nitrogens with zero attached hydrogens (tertiary/aromatic N) is 3. The Balaban J connectivity index is 1.77. The molecule has 1 aliphatic rings. The van der Waals surface area contributed by atoms with Gasteiger partial charge in [0.2, 0.25) is 5.95 Å². The number of aryl methyl sites for hydroxylation is 1. The summed E-state index contributed by atoms with van der Waals surface area (Å²) in [6.07, 6.45) is 7.23. The molecule has 2 aromatic rings. The Kier molecular flexibility index (Phi) is 2.73. The lowest BCUT2D eigenvalue weighted by molar-refractivity contribution is 0.144. The highest BCUT2D eigenvalue weighted by atomic mass is 15.3. The van der Waals surface area contributed by atoms with E-state index >= 15 is 0 Å². The molecule has 0 spiro atoms. The SMILES string of the molecule is CCC1(CNc2nc3c(C)cccn3n2)CCC1. The summed E-state index contributed by atoms with van der Waals surface area (Å²) in [6, 6.07) is 4.06. The smallest absolute Gasteiger partial charge is 0.243 e. The van der Waals surface area contributed by atoms with Crippen LogP contribution in [0.2, 0.25) is 0 Å². The topological polar surface area (TPSA) is 42.2 Å². The molecule has 0 radical (unpaired) electrons. The summed E-state index contributed by atoms with van der Waals surface area (Å²) in [5.74, 6) is 0.754. The third-order valence-corrected chi connectivity index (χ3v) is 4.34. The third-order valence-electron chi connectivity index (χ3n) is 4.34. The average molecular weight is 244 g/mol. The van der Waals surface area contributed by atoms with E-state index in [0.717, 1.165) is 23.7 Å². The van der Waals surface area contributed by atoms with Gasteiger partial charge in [0.15, 0.2) is 5.65 Å². The highest BCUT2D eigenvalue weighted by molar-refractivity contribution is 5.49. The Morgan fingerprint density at radius 1 is 1.44 bits per heavy atom. The maximum Gasteiger partial charge on any atom is 0.243 e. The van der Waals surface area contributed by atoms with Crippen LogP contribution >= 0.6 is 0 Å². The lowest BCUT2D eigenvalue weighted by atomic mass is 9.67. The molecule has 2 aromatic heterocycles. The van der Waals surface area contributed by atoms with E-state index in [-0.39, 0.29) is 0 Å². The first kappa shape index (κ1) is 11.5. The molecule has 4 heteroatoms. The zero-order valence-corrected chi connectivity index (χ0v) is 11.1. The second kappa shape index (κ2) is 4.26. The van der Waals surface area contributed by atoms with Gasteiger partial charge in [-0.1, -0.05) is 19.4 Å². The van der Waals surface area contributed by atoms with Gasteiger partial charge in [0.05, 0.1) is 0 Å². The fraction of sp³-hybridized carbons (Fsp3) is 0.571. The lowest BCUT2D eigenvalue weighted by Crippen LogP contribution is -2.36. The second-order valence-electron chi connectivity index (χ2n) is 5.46. The van der Waals surface area contributed by atoms with Crippen LogP contribution < -0.4 is 5.32 Å². The van der Waals surface area contributed by atoms with Crippen molar-refractivity contribution in [1.29, 1.82) is 0 Å². The fourth-order valence-electron chi connectivity index (χ4n) is 2.71. The molecule has 0 unspecified atom stereocenters. The minimum absolute atomic E-state index is 0.493. The minimum Gasteiger partial charge on any atom is -0.352 e. The van der Waals surface area contributed by atoms with Gasteiger partial charge in [0.1, 0.15) is 0 Å². The number of hydrogen-bond donors (Lipinski definition) is 1. The highest BCUT2D eigenvalue weighted by Crippen LogP contribution is 2.43. The molecular weight excluding hydrogens is 224 g/mol. The standard InChI is InChI=1S/C14H20N4/c1-3-14(7-5-8-14)10-15-13-16-12-11(2)6-4-9-18(12)17-13/h4,6,9H,3,5,7-8,10H2,1-2H3,(H,15,17). The van der Waals surface area contributed by atoms with Gasteiger partial charge in [-0.25, -0.2) is 4.52 Å². The lowest BCUT2D eigenvalue weighted by Gasteiger charge is -2.41. The monoisotopic (exact) mass is 244 g/mol. The van der Waals surface area contributed by atoms with Crippen molar-refractivity contribution in [2.24, 2.45) is 5.41 Å². The van der Waals surface area contributed by atoms with Gasteiger partial charge in [-0.05, 0) is 43.2 Å². The number of pyridine rings is 1. The van der Waals surface area contributed by atoms with Crippen LogP contribution in [-0.4, -0.2) is 21.1 Å². The van der Waals surface area contributed by atoms with Crippen molar-refractivity contribution in [2.45, 2.75) is 39.5 Å². The molecule has 3 rings (SSSR count). The van der Waals surface area contributed by atoms with Gasteiger partial charge in [0, 0.05) is 12.7 Å². The van der Waals surface area contributed by atoms with Crippen molar-refractivity contribution in [1.82, 2.24) is 14.6 Å². The Bertz CT molecular complexity index is 548. The molecule has 0 aliphatic heterocycles. The molecular formula is C14H20N4. The van der Waals surface area contributed by atoms with E-state index in [1.807, 2.05) is 16.8 Å². The van der Waals surface area contributed by atoms with Crippen LogP contribution in [0.1, 0.15) is 38.2 Å². The molecule has 18 heavy (non-hydrogen) atoms. The Morgan fingerprint density at radius 3 is 2.89 bits per heavy atom.